The lowest BCUT2D eigenvalue weighted by Crippen LogP contribution is -2.09. The average molecular weight is 311 g/mol. The van der Waals surface area contributed by atoms with Gasteiger partial charge >= 0.3 is 0 Å². The molecule has 98 valence electrons. The summed E-state index contributed by atoms with van der Waals surface area (Å²) in [5.74, 6) is 0. The summed E-state index contributed by atoms with van der Waals surface area (Å²) in [6, 6.07) is 11.1. The smallest absolute Gasteiger partial charge is 0.188 e. The van der Waals surface area contributed by atoms with Gasteiger partial charge in [0.25, 0.3) is 0 Å². The van der Waals surface area contributed by atoms with Crippen LogP contribution in [-0.4, -0.2) is 5.52 Å². The van der Waals surface area contributed by atoms with Gasteiger partial charge in [-0.05, 0) is 51.0 Å². The highest BCUT2D eigenvalue weighted by molar-refractivity contribution is 7.66. The van der Waals surface area contributed by atoms with Crippen LogP contribution < -0.4 is 5.30 Å². The topological polar surface area (TPSA) is 17.1 Å². The zero-order valence-corrected chi connectivity index (χ0v) is 13.1. The van der Waals surface area contributed by atoms with Crippen LogP contribution in [0.4, 0.5) is 0 Å². The van der Waals surface area contributed by atoms with E-state index >= 15 is 0 Å². The average Bonchev–Trinajstić information content (AvgIpc) is 2.34. The fourth-order valence-corrected chi connectivity index (χ4v) is 3.81. The summed E-state index contributed by atoms with van der Waals surface area (Å²) in [5, 5.41) is 1.90. The van der Waals surface area contributed by atoms with Gasteiger partial charge in [-0.2, -0.15) is 0 Å². The molecule has 0 aliphatic rings. The molecule has 0 bridgehead atoms. The van der Waals surface area contributed by atoms with Crippen LogP contribution in [-0.2, 0) is 0 Å². The van der Waals surface area contributed by atoms with Crippen LogP contribution in [0.3, 0.4) is 0 Å². The fraction of sp³-hybridized carbons (Fsp3) is 0.133. The molecule has 1 unspecified atom stereocenters. The van der Waals surface area contributed by atoms with E-state index < -0.39 is 0 Å². The minimum Gasteiger partial charge on any atom is -0.289 e. The molecule has 2 rings (SSSR count). The number of carbonyl (C=O) groups excluding carboxylic acids is 1. The Morgan fingerprint density at radius 1 is 0.947 bits per heavy atom. The third-order valence-corrected chi connectivity index (χ3v) is 5.06. The SMILES string of the molecule is Cc1cccc(C)c1PC(=O)c1c(Cl)cccc1Cl. The number of rotatable bonds is 3. The van der Waals surface area contributed by atoms with Gasteiger partial charge in [-0.3, -0.25) is 4.79 Å². The first-order chi connectivity index (χ1) is 9.00. The number of aryl methyl sites for hydroxylation is 2. The van der Waals surface area contributed by atoms with E-state index in [4.69, 9.17) is 23.2 Å². The van der Waals surface area contributed by atoms with E-state index in [-0.39, 0.29) is 14.1 Å². The predicted molar refractivity (Wildman–Crippen MR) is 84.7 cm³/mol. The van der Waals surface area contributed by atoms with Crippen LogP contribution in [0.15, 0.2) is 36.4 Å². The Morgan fingerprint density at radius 3 is 1.95 bits per heavy atom. The predicted octanol–water partition coefficient (Wildman–Crippen LogP) is 4.75. The molecule has 0 N–H and O–H groups in total. The molecular weight excluding hydrogens is 298 g/mol. The Hall–Kier alpha value is -0.880. The normalized spacial score (nSPS) is 11.2. The van der Waals surface area contributed by atoms with Gasteiger partial charge in [0.05, 0.1) is 15.6 Å². The molecule has 0 saturated carbocycles. The number of carbonyl (C=O) groups is 1. The van der Waals surface area contributed by atoms with Gasteiger partial charge in [-0.15, -0.1) is 0 Å². The minimum atomic E-state index is -0.0204. The van der Waals surface area contributed by atoms with Crippen LogP contribution in [0.5, 0.6) is 0 Å². The van der Waals surface area contributed by atoms with E-state index in [2.05, 4.69) is 0 Å². The Bertz CT molecular complexity index is 598. The van der Waals surface area contributed by atoms with Crippen molar-refractivity contribution >= 4 is 42.6 Å². The molecule has 0 aromatic heterocycles. The minimum absolute atomic E-state index is 0.0204. The van der Waals surface area contributed by atoms with E-state index in [0.717, 1.165) is 16.4 Å². The van der Waals surface area contributed by atoms with Crippen molar-refractivity contribution in [3.05, 3.63) is 63.1 Å². The number of halogens is 2. The molecule has 0 aliphatic heterocycles. The Kier molecular flexibility index (Phi) is 4.62. The van der Waals surface area contributed by atoms with Gasteiger partial charge in [0, 0.05) is 0 Å². The first-order valence-electron chi connectivity index (χ1n) is 5.82. The highest BCUT2D eigenvalue weighted by Crippen LogP contribution is 2.31. The van der Waals surface area contributed by atoms with E-state index in [9.17, 15) is 4.79 Å². The summed E-state index contributed by atoms with van der Waals surface area (Å²) in [7, 11) is 0.0384. The van der Waals surface area contributed by atoms with Gasteiger partial charge in [0.2, 0.25) is 0 Å². The molecule has 19 heavy (non-hydrogen) atoms. The lowest BCUT2D eigenvalue weighted by atomic mass is 10.2. The third kappa shape index (κ3) is 3.17. The lowest BCUT2D eigenvalue weighted by Gasteiger charge is -2.10. The van der Waals surface area contributed by atoms with Crippen molar-refractivity contribution in [2.75, 3.05) is 0 Å². The number of hydrogen-bond acceptors (Lipinski definition) is 1. The van der Waals surface area contributed by atoms with E-state index in [1.807, 2.05) is 32.0 Å². The summed E-state index contributed by atoms with van der Waals surface area (Å²) in [6.45, 7) is 4.02. The van der Waals surface area contributed by atoms with Crippen molar-refractivity contribution in [3.8, 4) is 0 Å². The zero-order valence-electron chi connectivity index (χ0n) is 10.6. The van der Waals surface area contributed by atoms with Crippen molar-refractivity contribution in [2.45, 2.75) is 13.8 Å². The molecule has 0 saturated heterocycles. The largest absolute Gasteiger partial charge is 0.289 e. The van der Waals surface area contributed by atoms with Crippen molar-refractivity contribution in [2.24, 2.45) is 0 Å². The van der Waals surface area contributed by atoms with Crippen molar-refractivity contribution in [3.63, 3.8) is 0 Å². The van der Waals surface area contributed by atoms with Crippen molar-refractivity contribution in [1.82, 2.24) is 0 Å². The summed E-state index contributed by atoms with van der Waals surface area (Å²) in [6.07, 6.45) is 0. The number of hydrogen-bond donors (Lipinski definition) is 0. The maximum absolute atomic E-state index is 12.4. The molecule has 0 radical (unpaired) electrons. The maximum atomic E-state index is 12.4. The number of benzene rings is 2. The van der Waals surface area contributed by atoms with Gasteiger partial charge in [0.15, 0.2) is 5.52 Å². The van der Waals surface area contributed by atoms with Crippen LogP contribution in [0, 0.1) is 13.8 Å². The molecule has 0 amide bonds. The first kappa shape index (κ1) is 14.5. The van der Waals surface area contributed by atoms with Gasteiger partial charge in [-0.25, -0.2) is 0 Å². The zero-order chi connectivity index (χ0) is 14.0. The molecule has 4 heteroatoms. The van der Waals surface area contributed by atoms with Crippen LogP contribution in [0.2, 0.25) is 10.0 Å². The van der Waals surface area contributed by atoms with E-state index in [1.165, 1.54) is 0 Å². The van der Waals surface area contributed by atoms with Crippen LogP contribution in [0.25, 0.3) is 0 Å². The van der Waals surface area contributed by atoms with Crippen LogP contribution in [0.1, 0.15) is 21.5 Å². The molecule has 0 aliphatic carbocycles. The summed E-state index contributed by atoms with van der Waals surface area (Å²) < 4.78 is 0. The third-order valence-electron chi connectivity index (χ3n) is 2.91. The fourth-order valence-electron chi connectivity index (χ4n) is 1.90. The first-order valence-corrected chi connectivity index (χ1v) is 7.58. The highest BCUT2D eigenvalue weighted by Gasteiger charge is 2.16. The second-order valence-electron chi connectivity index (χ2n) is 4.32. The highest BCUT2D eigenvalue weighted by atomic mass is 35.5. The second-order valence-corrected chi connectivity index (χ2v) is 6.34. The van der Waals surface area contributed by atoms with E-state index in [0.29, 0.717) is 15.6 Å². The standard InChI is InChI=1S/C15H13Cl2OP/c1-9-5-3-6-10(2)14(9)19-15(18)13-11(16)7-4-8-12(13)17/h3-8,19H,1-2H3. The Balaban J connectivity index is 2.37. The molecule has 0 heterocycles. The van der Waals surface area contributed by atoms with Gasteiger partial charge < -0.3 is 0 Å². The molecular formula is C15H13Cl2OP. The second kappa shape index (κ2) is 6.05. The molecule has 2 aromatic carbocycles. The quantitative estimate of drug-likeness (QED) is 0.747. The summed E-state index contributed by atoms with van der Waals surface area (Å²) in [4.78, 5) is 12.4. The maximum Gasteiger partial charge on any atom is 0.188 e. The van der Waals surface area contributed by atoms with Crippen molar-refractivity contribution < 1.29 is 4.79 Å². The molecule has 1 atom stereocenters. The monoisotopic (exact) mass is 310 g/mol. The Morgan fingerprint density at radius 2 is 1.42 bits per heavy atom. The van der Waals surface area contributed by atoms with Crippen LogP contribution >= 0.6 is 31.8 Å². The van der Waals surface area contributed by atoms with E-state index in [1.54, 1.807) is 18.2 Å². The molecule has 0 fully saturated rings. The Labute approximate surface area is 124 Å². The molecule has 1 nitrogen and oxygen atoms in total. The summed E-state index contributed by atoms with van der Waals surface area (Å²) >= 11 is 12.1. The van der Waals surface area contributed by atoms with Crippen molar-refractivity contribution in [1.29, 1.82) is 0 Å². The van der Waals surface area contributed by atoms with Gasteiger partial charge in [-0.1, -0.05) is 47.5 Å². The molecule has 2 aromatic rings. The molecule has 0 spiro atoms. The van der Waals surface area contributed by atoms with Gasteiger partial charge in [0.1, 0.15) is 0 Å². The lowest BCUT2D eigenvalue weighted by molar-refractivity contribution is 0.108. The summed E-state index contributed by atoms with van der Waals surface area (Å²) in [5.41, 5.74) is 2.64.